The largest absolute Gasteiger partial charge is 0.465 e. The summed E-state index contributed by atoms with van der Waals surface area (Å²) in [5.74, 6) is 0.0890. The minimum Gasteiger partial charge on any atom is -0.465 e. The van der Waals surface area contributed by atoms with Gasteiger partial charge in [-0.2, -0.15) is 8.42 Å². The third-order valence-electron chi connectivity index (χ3n) is 6.48. The van der Waals surface area contributed by atoms with Gasteiger partial charge in [0.25, 0.3) is 10.1 Å². The van der Waals surface area contributed by atoms with Gasteiger partial charge in [-0.1, -0.05) is 35.4 Å². The van der Waals surface area contributed by atoms with E-state index in [-0.39, 0.29) is 17.4 Å². The maximum Gasteiger partial charge on any atom is 0.407 e. The van der Waals surface area contributed by atoms with E-state index in [0.717, 1.165) is 29.8 Å². The van der Waals surface area contributed by atoms with Crippen molar-refractivity contribution >= 4 is 33.5 Å². The van der Waals surface area contributed by atoms with E-state index in [1.807, 2.05) is 25.1 Å². The van der Waals surface area contributed by atoms with Crippen molar-refractivity contribution in [3.8, 4) is 0 Å². The first kappa shape index (κ1) is 24.8. The Morgan fingerprint density at radius 3 is 2.47 bits per heavy atom. The number of aryl methyl sites for hydroxylation is 1. The van der Waals surface area contributed by atoms with Crippen LogP contribution in [0.25, 0.3) is 0 Å². The summed E-state index contributed by atoms with van der Waals surface area (Å²) in [7, 11) is -3.78. The molecule has 10 heteroatoms. The van der Waals surface area contributed by atoms with E-state index in [1.54, 1.807) is 24.3 Å². The van der Waals surface area contributed by atoms with Crippen LogP contribution in [0.2, 0.25) is 5.02 Å². The Hall–Kier alpha value is -2.33. The van der Waals surface area contributed by atoms with E-state index < -0.39 is 16.2 Å². The molecule has 0 bridgehead atoms. The van der Waals surface area contributed by atoms with Crippen molar-refractivity contribution in [1.82, 2.24) is 9.80 Å². The highest BCUT2D eigenvalue weighted by molar-refractivity contribution is 7.86. The summed E-state index contributed by atoms with van der Waals surface area (Å²) in [5.41, 5.74) is 3.16. The van der Waals surface area contributed by atoms with Crippen molar-refractivity contribution in [2.75, 3.05) is 50.8 Å². The highest BCUT2D eigenvalue weighted by Crippen LogP contribution is 2.31. The highest BCUT2D eigenvalue weighted by atomic mass is 35.5. The maximum absolute atomic E-state index is 12.5. The van der Waals surface area contributed by atoms with Crippen molar-refractivity contribution in [2.24, 2.45) is 5.92 Å². The molecule has 1 unspecified atom stereocenters. The number of nitrogens with zero attached hydrogens (tertiary/aromatic N) is 3. The van der Waals surface area contributed by atoms with Gasteiger partial charge >= 0.3 is 6.09 Å². The summed E-state index contributed by atoms with van der Waals surface area (Å²) in [4.78, 5) is 17.3. The fourth-order valence-electron chi connectivity index (χ4n) is 4.45. The molecule has 8 nitrogen and oxygen atoms in total. The maximum atomic E-state index is 12.5. The number of carboxylic acid groups (broad SMARTS) is 1. The summed E-state index contributed by atoms with van der Waals surface area (Å²) in [6.45, 7) is 6.59. The van der Waals surface area contributed by atoms with Gasteiger partial charge in [-0.05, 0) is 43.2 Å². The number of halogens is 1. The lowest BCUT2D eigenvalue weighted by molar-refractivity contribution is 0.103. The molecule has 184 valence electrons. The van der Waals surface area contributed by atoms with Gasteiger partial charge in [-0.15, -0.1) is 0 Å². The average Bonchev–Trinajstić information content (AvgIpc) is 3.29. The van der Waals surface area contributed by atoms with Gasteiger partial charge in [-0.3, -0.25) is 9.08 Å². The molecule has 2 aliphatic rings. The van der Waals surface area contributed by atoms with E-state index in [2.05, 4.69) is 9.80 Å². The molecule has 0 radical (unpaired) electrons. The fourth-order valence-corrected chi connectivity index (χ4v) is 5.59. The molecule has 0 spiro atoms. The van der Waals surface area contributed by atoms with Crippen molar-refractivity contribution < 1.29 is 22.5 Å². The van der Waals surface area contributed by atoms with Gasteiger partial charge in [0.15, 0.2) is 0 Å². The SMILES string of the molecule is Cc1ccc(S(=O)(=O)OCC2CCN(c3cc(Cl)ccc3CN3CCN(C(=O)O)CC3)C2)cc1. The zero-order valence-corrected chi connectivity index (χ0v) is 20.8. The normalized spacial score (nSPS) is 19.5. The lowest BCUT2D eigenvalue weighted by atomic mass is 10.1. The molecule has 2 aromatic rings. The van der Waals surface area contributed by atoms with Gasteiger partial charge in [0, 0.05) is 62.4 Å². The summed E-state index contributed by atoms with van der Waals surface area (Å²) in [6.07, 6.45) is -0.0475. The molecule has 0 aliphatic carbocycles. The van der Waals surface area contributed by atoms with Crippen molar-refractivity contribution in [3.05, 3.63) is 58.6 Å². The number of amides is 1. The molecule has 2 fully saturated rings. The van der Waals surface area contributed by atoms with Crippen molar-refractivity contribution in [3.63, 3.8) is 0 Å². The first-order chi connectivity index (χ1) is 16.2. The molecule has 0 aromatic heterocycles. The van der Waals surface area contributed by atoms with Gasteiger partial charge in [0.1, 0.15) is 0 Å². The summed E-state index contributed by atoms with van der Waals surface area (Å²) in [5, 5.41) is 9.81. The van der Waals surface area contributed by atoms with Gasteiger partial charge in [0.2, 0.25) is 0 Å². The number of rotatable bonds is 7. The molecule has 4 rings (SSSR count). The second-order valence-electron chi connectivity index (χ2n) is 8.97. The Morgan fingerprint density at radius 1 is 1.09 bits per heavy atom. The monoisotopic (exact) mass is 507 g/mol. The fraction of sp³-hybridized carbons (Fsp3) is 0.458. The number of benzene rings is 2. The number of hydrogen-bond donors (Lipinski definition) is 1. The predicted octanol–water partition coefficient (Wildman–Crippen LogP) is 3.68. The van der Waals surface area contributed by atoms with Crippen LogP contribution >= 0.6 is 11.6 Å². The Kier molecular flexibility index (Phi) is 7.67. The van der Waals surface area contributed by atoms with Gasteiger partial charge < -0.3 is 14.9 Å². The quantitative estimate of drug-likeness (QED) is 0.572. The van der Waals surface area contributed by atoms with Crippen molar-refractivity contribution in [2.45, 2.75) is 24.8 Å². The van der Waals surface area contributed by atoms with E-state index in [4.69, 9.17) is 20.9 Å². The van der Waals surface area contributed by atoms with Crippen LogP contribution < -0.4 is 4.90 Å². The molecule has 1 amide bonds. The Bertz CT molecular complexity index is 1120. The minimum absolute atomic E-state index is 0.0890. The topological polar surface area (TPSA) is 90.4 Å². The van der Waals surface area contributed by atoms with Crippen LogP contribution in [-0.2, 0) is 20.8 Å². The second kappa shape index (κ2) is 10.5. The molecule has 2 heterocycles. The van der Waals surface area contributed by atoms with Crippen LogP contribution in [0, 0.1) is 12.8 Å². The van der Waals surface area contributed by atoms with Crippen LogP contribution in [0.4, 0.5) is 10.5 Å². The summed E-state index contributed by atoms with van der Waals surface area (Å²) in [6, 6.07) is 12.5. The Balaban J connectivity index is 1.37. The van der Waals surface area contributed by atoms with E-state index in [9.17, 15) is 13.2 Å². The lowest BCUT2D eigenvalue weighted by Crippen LogP contribution is -2.47. The van der Waals surface area contributed by atoms with Crippen LogP contribution in [0.15, 0.2) is 47.4 Å². The highest BCUT2D eigenvalue weighted by Gasteiger charge is 2.28. The van der Waals surface area contributed by atoms with E-state index >= 15 is 0 Å². The molecule has 1 N–H and O–H groups in total. The predicted molar refractivity (Wildman–Crippen MR) is 131 cm³/mol. The van der Waals surface area contributed by atoms with Crippen LogP contribution in [0.1, 0.15) is 17.5 Å². The Labute approximate surface area is 205 Å². The van der Waals surface area contributed by atoms with E-state index in [1.165, 1.54) is 4.90 Å². The molecular weight excluding hydrogens is 478 g/mol. The molecule has 0 saturated carbocycles. The number of piperazine rings is 1. The molecule has 1 atom stereocenters. The lowest BCUT2D eigenvalue weighted by Gasteiger charge is -2.34. The molecule has 2 saturated heterocycles. The number of hydrogen-bond acceptors (Lipinski definition) is 6. The smallest absolute Gasteiger partial charge is 0.407 e. The third kappa shape index (κ3) is 6.02. The number of carbonyl (C=O) groups is 1. The van der Waals surface area contributed by atoms with Crippen LogP contribution in [0.5, 0.6) is 0 Å². The van der Waals surface area contributed by atoms with Crippen LogP contribution in [0.3, 0.4) is 0 Å². The Morgan fingerprint density at radius 2 is 1.79 bits per heavy atom. The van der Waals surface area contributed by atoms with Crippen molar-refractivity contribution in [1.29, 1.82) is 0 Å². The average molecular weight is 508 g/mol. The first-order valence-electron chi connectivity index (χ1n) is 11.4. The van der Waals surface area contributed by atoms with Gasteiger partial charge in [0.05, 0.1) is 11.5 Å². The second-order valence-corrected chi connectivity index (χ2v) is 11.0. The molecule has 34 heavy (non-hydrogen) atoms. The van der Waals surface area contributed by atoms with E-state index in [0.29, 0.717) is 44.3 Å². The molecule has 2 aliphatic heterocycles. The molecule has 2 aromatic carbocycles. The zero-order valence-electron chi connectivity index (χ0n) is 19.2. The standard InChI is InChI=1S/C24H30ClN3O5S/c1-18-2-6-22(7-3-18)34(31,32)33-17-19-8-9-28(15-19)23-14-21(25)5-4-20(23)16-26-10-12-27(13-11-26)24(29)30/h2-7,14,19H,8-13,15-17H2,1H3,(H,29,30). The minimum atomic E-state index is -3.78. The van der Waals surface area contributed by atoms with Gasteiger partial charge in [-0.25, -0.2) is 4.79 Å². The first-order valence-corrected chi connectivity index (χ1v) is 13.2. The summed E-state index contributed by atoms with van der Waals surface area (Å²) >= 11 is 6.31. The third-order valence-corrected chi connectivity index (χ3v) is 8.01. The van der Waals surface area contributed by atoms with Crippen LogP contribution in [-0.4, -0.2) is 75.3 Å². The summed E-state index contributed by atoms with van der Waals surface area (Å²) < 4.78 is 30.5. The zero-order chi connectivity index (χ0) is 24.3. The number of anilines is 1. The molecular formula is C24H30ClN3O5S.